The molecule has 1 aromatic heterocycles. The highest BCUT2D eigenvalue weighted by atomic mass is 127. The number of nitrogens with zero attached hydrogens (tertiary/aromatic N) is 2. The summed E-state index contributed by atoms with van der Waals surface area (Å²) < 4.78 is 28.2. The Labute approximate surface area is 178 Å². The van der Waals surface area contributed by atoms with E-state index in [1.807, 2.05) is 32.0 Å². The van der Waals surface area contributed by atoms with Gasteiger partial charge in [-0.05, 0) is 37.5 Å². The van der Waals surface area contributed by atoms with E-state index in [1.165, 1.54) is 6.26 Å². The van der Waals surface area contributed by atoms with Gasteiger partial charge in [-0.1, -0.05) is 24.2 Å². The lowest BCUT2D eigenvalue weighted by molar-refractivity contribution is 0.379. The second-order valence-corrected chi connectivity index (χ2v) is 7.94. The third kappa shape index (κ3) is 7.87. The van der Waals surface area contributed by atoms with Gasteiger partial charge >= 0.3 is 0 Å². The Morgan fingerprint density at radius 3 is 2.44 bits per heavy atom. The van der Waals surface area contributed by atoms with Crippen LogP contribution in [0.15, 0.2) is 44.7 Å². The predicted octanol–water partition coefficient (Wildman–Crippen LogP) is 2.56. The van der Waals surface area contributed by atoms with Crippen LogP contribution in [0.5, 0.6) is 0 Å². The van der Waals surface area contributed by atoms with E-state index in [-0.39, 0.29) is 24.0 Å². The fourth-order valence-electron chi connectivity index (χ4n) is 2.32. The molecule has 0 fully saturated rings. The highest BCUT2D eigenvalue weighted by Crippen LogP contribution is 2.10. The molecule has 7 nitrogen and oxygen atoms in total. The molecule has 0 amide bonds. The molecule has 0 aliphatic heterocycles. The van der Waals surface area contributed by atoms with Crippen molar-refractivity contribution in [2.75, 3.05) is 19.3 Å². The molecule has 0 aliphatic rings. The average molecular weight is 506 g/mol. The lowest BCUT2D eigenvalue weighted by atomic mass is 10.1. The van der Waals surface area contributed by atoms with E-state index < -0.39 is 9.84 Å². The SMILES string of the molecule is CCNC(=NCc1cc(CC)no1)NCCc1ccc(S(C)(=O)=O)cc1.I. The number of sulfone groups is 1. The number of guanidine groups is 1. The van der Waals surface area contributed by atoms with Crippen LogP contribution >= 0.6 is 24.0 Å². The molecule has 0 aliphatic carbocycles. The maximum atomic E-state index is 11.5. The first-order chi connectivity index (χ1) is 12.4. The monoisotopic (exact) mass is 506 g/mol. The summed E-state index contributed by atoms with van der Waals surface area (Å²) in [6, 6.07) is 8.86. The van der Waals surface area contributed by atoms with E-state index in [4.69, 9.17) is 4.52 Å². The van der Waals surface area contributed by atoms with Crippen LogP contribution in [0.1, 0.15) is 30.9 Å². The van der Waals surface area contributed by atoms with Crippen LogP contribution in [-0.2, 0) is 29.2 Å². The van der Waals surface area contributed by atoms with Gasteiger partial charge in [0.1, 0.15) is 6.54 Å². The summed E-state index contributed by atoms with van der Waals surface area (Å²) in [5.41, 5.74) is 1.98. The molecule has 0 saturated heterocycles. The number of aryl methyl sites for hydroxylation is 1. The third-order valence-electron chi connectivity index (χ3n) is 3.76. The molecular weight excluding hydrogens is 479 g/mol. The van der Waals surface area contributed by atoms with Crippen molar-refractivity contribution in [2.45, 2.75) is 38.1 Å². The van der Waals surface area contributed by atoms with E-state index in [9.17, 15) is 8.42 Å². The van der Waals surface area contributed by atoms with E-state index in [1.54, 1.807) is 12.1 Å². The van der Waals surface area contributed by atoms with Crippen LogP contribution in [0.3, 0.4) is 0 Å². The second kappa shape index (κ2) is 11.3. The Bertz CT molecular complexity index is 833. The molecule has 0 atom stereocenters. The standard InChI is InChI=1S/C18H26N4O3S.HI/c1-4-15-12-16(25-22-15)13-21-18(19-5-2)20-11-10-14-6-8-17(9-7-14)26(3,23)24;/h6-9,12H,4-5,10-11,13H2,1-3H3,(H2,19,20,21);1H. The van der Waals surface area contributed by atoms with Crippen molar-refractivity contribution in [3.8, 4) is 0 Å². The molecule has 0 saturated carbocycles. The summed E-state index contributed by atoms with van der Waals surface area (Å²) in [5, 5.41) is 10.4. The number of benzene rings is 1. The molecule has 0 spiro atoms. The molecule has 0 unspecified atom stereocenters. The van der Waals surface area contributed by atoms with E-state index in [0.29, 0.717) is 23.9 Å². The molecular formula is C18H27IN4O3S. The lowest BCUT2D eigenvalue weighted by Gasteiger charge is -2.11. The Morgan fingerprint density at radius 1 is 1.19 bits per heavy atom. The maximum absolute atomic E-state index is 11.5. The van der Waals surface area contributed by atoms with E-state index >= 15 is 0 Å². The molecule has 0 radical (unpaired) electrons. The van der Waals surface area contributed by atoms with Gasteiger partial charge in [-0.15, -0.1) is 24.0 Å². The van der Waals surface area contributed by atoms with Crippen molar-refractivity contribution in [3.05, 3.63) is 47.3 Å². The van der Waals surface area contributed by atoms with Gasteiger partial charge in [0.05, 0.1) is 10.6 Å². The summed E-state index contributed by atoms with van der Waals surface area (Å²) in [7, 11) is -3.15. The van der Waals surface area contributed by atoms with Crippen molar-refractivity contribution in [1.29, 1.82) is 0 Å². The summed E-state index contributed by atoms with van der Waals surface area (Å²) in [6.45, 7) is 5.89. The van der Waals surface area contributed by atoms with Crippen molar-refractivity contribution in [3.63, 3.8) is 0 Å². The topological polar surface area (TPSA) is 96.6 Å². The molecule has 2 rings (SSSR count). The molecule has 2 N–H and O–H groups in total. The molecule has 9 heteroatoms. The van der Waals surface area contributed by atoms with Gasteiger partial charge in [0.15, 0.2) is 21.6 Å². The highest BCUT2D eigenvalue weighted by molar-refractivity contribution is 14.0. The number of aliphatic imine (C=N–C) groups is 1. The second-order valence-electron chi connectivity index (χ2n) is 5.93. The first-order valence-corrected chi connectivity index (χ1v) is 10.6. The Kier molecular flexibility index (Phi) is 9.78. The largest absolute Gasteiger partial charge is 0.359 e. The number of aromatic nitrogens is 1. The Hall–Kier alpha value is -1.62. The number of hydrogen-bond acceptors (Lipinski definition) is 5. The minimum atomic E-state index is -3.15. The summed E-state index contributed by atoms with van der Waals surface area (Å²) in [4.78, 5) is 4.83. The number of halogens is 1. The van der Waals surface area contributed by atoms with Gasteiger partial charge in [-0.2, -0.15) is 0 Å². The fraction of sp³-hybridized carbons (Fsp3) is 0.444. The van der Waals surface area contributed by atoms with Gasteiger partial charge in [-0.25, -0.2) is 13.4 Å². The molecule has 27 heavy (non-hydrogen) atoms. The van der Waals surface area contributed by atoms with Crippen molar-refractivity contribution in [2.24, 2.45) is 4.99 Å². The van der Waals surface area contributed by atoms with Crippen LogP contribution in [0.25, 0.3) is 0 Å². The third-order valence-corrected chi connectivity index (χ3v) is 4.89. The number of hydrogen-bond donors (Lipinski definition) is 2. The zero-order chi connectivity index (χ0) is 19.0. The van der Waals surface area contributed by atoms with Gasteiger partial charge in [0.25, 0.3) is 0 Å². The normalized spacial score (nSPS) is 11.7. The summed E-state index contributed by atoms with van der Waals surface area (Å²) in [6.07, 6.45) is 2.81. The molecule has 1 heterocycles. The van der Waals surface area contributed by atoms with Crippen molar-refractivity contribution >= 4 is 39.8 Å². The van der Waals surface area contributed by atoms with E-state index in [2.05, 4.69) is 20.8 Å². The molecule has 2 aromatic rings. The smallest absolute Gasteiger partial charge is 0.191 e. The minimum absolute atomic E-state index is 0. The summed E-state index contributed by atoms with van der Waals surface area (Å²) >= 11 is 0. The minimum Gasteiger partial charge on any atom is -0.359 e. The van der Waals surface area contributed by atoms with E-state index in [0.717, 1.165) is 36.4 Å². The van der Waals surface area contributed by atoms with Crippen molar-refractivity contribution in [1.82, 2.24) is 15.8 Å². The zero-order valence-electron chi connectivity index (χ0n) is 15.9. The van der Waals surface area contributed by atoms with Crippen LogP contribution in [0, 0.1) is 0 Å². The first kappa shape index (κ1) is 23.4. The summed E-state index contributed by atoms with van der Waals surface area (Å²) in [5.74, 6) is 1.44. The molecule has 0 bridgehead atoms. The first-order valence-electron chi connectivity index (χ1n) is 8.68. The molecule has 150 valence electrons. The number of nitrogens with one attached hydrogen (secondary N) is 2. The van der Waals surface area contributed by atoms with Gasteiger partial charge in [0, 0.05) is 25.4 Å². The van der Waals surface area contributed by atoms with Crippen LogP contribution in [0.2, 0.25) is 0 Å². The van der Waals surface area contributed by atoms with Gasteiger partial charge < -0.3 is 15.2 Å². The fourth-order valence-corrected chi connectivity index (χ4v) is 2.95. The maximum Gasteiger partial charge on any atom is 0.191 e. The quantitative estimate of drug-likeness (QED) is 0.325. The Balaban J connectivity index is 0.00000364. The van der Waals surface area contributed by atoms with Crippen LogP contribution < -0.4 is 10.6 Å². The highest BCUT2D eigenvalue weighted by Gasteiger charge is 2.06. The van der Waals surface area contributed by atoms with Crippen LogP contribution in [0.4, 0.5) is 0 Å². The molecule has 1 aromatic carbocycles. The van der Waals surface area contributed by atoms with Crippen LogP contribution in [-0.4, -0.2) is 38.9 Å². The number of rotatable bonds is 8. The predicted molar refractivity (Wildman–Crippen MR) is 117 cm³/mol. The lowest BCUT2D eigenvalue weighted by Crippen LogP contribution is -2.38. The van der Waals surface area contributed by atoms with Gasteiger partial charge in [-0.3, -0.25) is 0 Å². The average Bonchev–Trinajstić information content (AvgIpc) is 3.07. The zero-order valence-corrected chi connectivity index (χ0v) is 19.0. The van der Waals surface area contributed by atoms with Gasteiger partial charge in [0.2, 0.25) is 0 Å². The Morgan fingerprint density at radius 2 is 1.89 bits per heavy atom. The van der Waals surface area contributed by atoms with Crippen molar-refractivity contribution < 1.29 is 12.9 Å².